The third kappa shape index (κ3) is 3.06. The average molecular weight is 235 g/mol. The monoisotopic (exact) mass is 235 g/mol. The number of carbonyl (C=O) groups is 2. The number of hydrogen-bond donors (Lipinski definition) is 1. The first-order chi connectivity index (χ1) is 7.97. The summed E-state index contributed by atoms with van der Waals surface area (Å²) in [5, 5.41) is 8.76. The van der Waals surface area contributed by atoms with Gasteiger partial charge in [-0.15, -0.1) is 0 Å². The molecule has 0 atom stereocenters. The smallest absolute Gasteiger partial charge is 0.323 e. The first kappa shape index (κ1) is 13.2. The summed E-state index contributed by atoms with van der Waals surface area (Å²) in [5.41, 5.74) is 2.35. The minimum absolute atomic E-state index is 0.217. The van der Waals surface area contributed by atoms with Crippen molar-refractivity contribution in [3.8, 4) is 0 Å². The van der Waals surface area contributed by atoms with Crippen molar-refractivity contribution in [2.24, 2.45) is 0 Å². The van der Waals surface area contributed by atoms with Gasteiger partial charge in [0.15, 0.2) is 0 Å². The molecule has 0 aromatic heterocycles. The first-order valence-electron chi connectivity index (χ1n) is 5.54. The SMILES string of the molecule is CCN(CC(=O)O)C(=O)c1c(C)cccc1C. The topological polar surface area (TPSA) is 57.6 Å². The summed E-state index contributed by atoms with van der Waals surface area (Å²) in [6, 6.07) is 5.60. The summed E-state index contributed by atoms with van der Waals surface area (Å²) in [7, 11) is 0. The van der Waals surface area contributed by atoms with Gasteiger partial charge >= 0.3 is 5.97 Å². The fraction of sp³-hybridized carbons (Fsp3) is 0.385. The number of amides is 1. The maximum atomic E-state index is 12.2. The molecule has 0 aliphatic carbocycles. The highest BCUT2D eigenvalue weighted by molar-refractivity contribution is 5.98. The van der Waals surface area contributed by atoms with Crippen molar-refractivity contribution in [3.05, 3.63) is 34.9 Å². The number of carbonyl (C=O) groups excluding carboxylic acids is 1. The van der Waals surface area contributed by atoms with Gasteiger partial charge in [-0.05, 0) is 31.9 Å². The average Bonchev–Trinajstić information content (AvgIpc) is 2.25. The lowest BCUT2D eigenvalue weighted by Gasteiger charge is -2.20. The molecule has 0 saturated carbocycles. The molecule has 4 heteroatoms. The van der Waals surface area contributed by atoms with Crippen molar-refractivity contribution < 1.29 is 14.7 Å². The molecule has 0 saturated heterocycles. The lowest BCUT2D eigenvalue weighted by Crippen LogP contribution is -2.36. The van der Waals surface area contributed by atoms with Crippen LogP contribution in [-0.2, 0) is 4.79 Å². The van der Waals surface area contributed by atoms with Gasteiger partial charge in [0, 0.05) is 12.1 Å². The summed E-state index contributed by atoms with van der Waals surface area (Å²) in [5.74, 6) is -1.21. The molecule has 0 aliphatic rings. The van der Waals surface area contributed by atoms with Crippen LogP contribution < -0.4 is 0 Å². The Labute approximate surface area is 101 Å². The second-order valence-electron chi connectivity index (χ2n) is 3.98. The summed E-state index contributed by atoms with van der Waals surface area (Å²) in [6.07, 6.45) is 0. The highest BCUT2D eigenvalue weighted by Crippen LogP contribution is 2.15. The number of carboxylic acid groups (broad SMARTS) is 1. The predicted octanol–water partition coefficient (Wildman–Crippen LogP) is 1.85. The quantitative estimate of drug-likeness (QED) is 0.866. The molecule has 0 radical (unpaired) electrons. The van der Waals surface area contributed by atoms with Crippen LogP contribution in [-0.4, -0.2) is 35.0 Å². The van der Waals surface area contributed by atoms with E-state index in [4.69, 9.17) is 5.11 Å². The van der Waals surface area contributed by atoms with E-state index in [-0.39, 0.29) is 12.5 Å². The van der Waals surface area contributed by atoms with Crippen molar-refractivity contribution >= 4 is 11.9 Å². The number of carboxylic acids is 1. The molecule has 0 unspecified atom stereocenters. The van der Waals surface area contributed by atoms with E-state index >= 15 is 0 Å². The van der Waals surface area contributed by atoms with Gasteiger partial charge in [0.25, 0.3) is 5.91 Å². The normalized spacial score (nSPS) is 10.1. The Morgan fingerprint density at radius 3 is 2.18 bits per heavy atom. The Kier molecular flexibility index (Phi) is 4.26. The molecule has 1 rings (SSSR count). The van der Waals surface area contributed by atoms with E-state index in [1.54, 1.807) is 6.92 Å². The van der Waals surface area contributed by atoms with E-state index in [1.165, 1.54) is 4.90 Å². The zero-order valence-corrected chi connectivity index (χ0v) is 10.4. The molecule has 4 nitrogen and oxygen atoms in total. The third-order valence-electron chi connectivity index (χ3n) is 2.69. The second kappa shape index (κ2) is 5.48. The number of benzene rings is 1. The zero-order chi connectivity index (χ0) is 13.0. The molecule has 0 spiro atoms. The van der Waals surface area contributed by atoms with E-state index in [0.29, 0.717) is 12.1 Å². The Morgan fingerprint density at radius 1 is 1.24 bits per heavy atom. The minimum atomic E-state index is -0.994. The van der Waals surface area contributed by atoms with Crippen LogP contribution in [0.4, 0.5) is 0 Å². The van der Waals surface area contributed by atoms with Gasteiger partial charge < -0.3 is 10.0 Å². The lowest BCUT2D eigenvalue weighted by atomic mass is 10.0. The maximum Gasteiger partial charge on any atom is 0.323 e. The van der Waals surface area contributed by atoms with Crippen LogP contribution in [0.25, 0.3) is 0 Å². The molecular weight excluding hydrogens is 218 g/mol. The van der Waals surface area contributed by atoms with Crippen molar-refractivity contribution in [1.29, 1.82) is 0 Å². The molecule has 0 fully saturated rings. The van der Waals surface area contributed by atoms with Crippen LogP contribution in [0.5, 0.6) is 0 Å². The van der Waals surface area contributed by atoms with Gasteiger partial charge in [-0.3, -0.25) is 9.59 Å². The Hall–Kier alpha value is -1.84. The van der Waals surface area contributed by atoms with Gasteiger partial charge in [-0.2, -0.15) is 0 Å². The van der Waals surface area contributed by atoms with Crippen LogP contribution >= 0.6 is 0 Å². The number of rotatable bonds is 4. The first-order valence-corrected chi connectivity index (χ1v) is 5.54. The third-order valence-corrected chi connectivity index (χ3v) is 2.69. The number of aliphatic carboxylic acids is 1. The van der Waals surface area contributed by atoms with Crippen molar-refractivity contribution in [3.63, 3.8) is 0 Å². The van der Waals surface area contributed by atoms with Crippen LogP contribution in [0.1, 0.15) is 28.4 Å². The van der Waals surface area contributed by atoms with Gasteiger partial charge in [0.1, 0.15) is 6.54 Å². The fourth-order valence-electron chi connectivity index (χ4n) is 1.80. The number of hydrogen-bond acceptors (Lipinski definition) is 2. The standard InChI is InChI=1S/C13H17NO3/c1-4-14(8-11(15)16)13(17)12-9(2)6-5-7-10(12)3/h5-7H,4,8H2,1-3H3,(H,15,16). The summed E-state index contributed by atoms with van der Waals surface area (Å²) >= 11 is 0. The molecule has 0 bridgehead atoms. The van der Waals surface area contributed by atoms with E-state index in [9.17, 15) is 9.59 Å². The van der Waals surface area contributed by atoms with Crippen LogP contribution in [0.15, 0.2) is 18.2 Å². The summed E-state index contributed by atoms with van der Waals surface area (Å²) in [4.78, 5) is 24.2. The fourth-order valence-corrected chi connectivity index (χ4v) is 1.80. The molecule has 0 aliphatic heterocycles. The summed E-state index contributed by atoms with van der Waals surface area (Å²) < 4.78 is 0. The Morgan fingerprint density at radius 2 is 1.76 bits per heavy atom. The molecule has 0 heterocycles. The van der Waals surface area contributed by atoms with E-state index in [0.717, 1.165) is 11.1 Å². The Balaban J connectivity index is 3.06. The van der Waals surface area contributed by atoms with Crippen molar-refractivity contribution in [2.45, 2.75) is 20.8 Å². The number of nitrogens with zero attached hydrogens (tertiary/aromatic N) is 1. The van der Waals surface area contributed by atoms with Gasteiger partial charge in [-0.25, -0.2) is 0 Å². The van der Waals surface area contributed by atoms with E-state index < -0.39 is 5.97 Å². The molecule has 1 aromatic rings. The van der Waals surface area contributed by atoms with E-state index in [1.807, 2.05) is 32.0 Å². The molecule has 1 amide bonds. The predicted molar refractivity (Wildman–Crippen MR) is 65.1 cm³/mol. The largest absolute Gasteiger partial charge is 0.480 e. The maximum absolute atomic E-state index is 12.2. The molecule has 1 aromatic carbocycles. The molecule has 17 heavy (non-hydrogen) atoms. The van der Waals surface area contributed by atoms with Crippen LogP contribution in [0.3, 0.4) is 0 Å². The van der Waals surface area contributed by atoms with Gasteiger partial charge in [-0.1, -0.05) is 18.2 Å². The van der Waals surface area contributed by atoms with Crippen LogP contribution in [0, 0.1) is 13.8 Å². The van der Waals surface area contributed by atoms with Crippen molar-refractivity contribution in [2.75, 3.05) is 13.1 Å². The highest BCUT2D eigenvalue weighted by atomic mass is 16.4. The Bertz CT molecular complexity index is 420. The molecule has 1 N–H and O–H groups in total. The van der Waals surface area contributed by atoms with E-state index in [2.05, 4.69) is 0 Å². The summed E-state index contributed by atoms with van der Waals surface area (Å²) in [6.45, 7) is 5.61. The minimum Gasteiger partial charge on any atom is -0.480 e. The number of likely N-dealkylation sites (N-methyl/N-ethyl adjacent to an activating group) is 1. The highest BCUT2D eigenvalue weighted by Gasteiger charge is 2.19. The van der Waals surface area contributed by atoms with Gasteiger partial charge in [0.05, 0.1) is 0 Å². The number of aryl methyl sites for hydroxylation is 2. The molecule has 92 valence electrons. The zero-order valence-electron chi connectivity index (χ0n) is 10.4. The van der Waals surface area contributed by atoms with Crippen molar-refractivity contribution in [1.82, 2.24) is 4.90 Å². The van der Waals surface area contributed by atoms with Crippen LogP contribution in [0.2, 0.25) is 0 Å². The second-order valence-corrected chi connectivity index (χ2v) is 3.98. The molecular formula is C13H17NO3. The van der Waals surface area contributed by atoms with Gasteiger partial charge in [0.2, 0.25) is 0 Å². The lowest BCUT2D eigenvalue weighted by molar-refractivity contribution is -0.137.